The first kappa shape index (κ1) is 13.8. The molecule has 2 aromatic rings. The molecule has 3 atom stereocenters. The van der Waals surface area contributed by atoms with Crippen LogP contribution in [0.5, 0.6) is 0 Å². The summed E-state index contributed by atoms with van der Waals surface area (Å²) in [5, 5.41) is 4.14. The Labute approximate surface area is 129 Å². The Morgan fingerprint density at radius 3 is 3.23 bits per heavy atom. The molecular formula is C17H21N3O2. The summed E-state index contributed by atoms with van der Waals surface area (Å²) in [5.41, 5.74) is 2.31. The Morgan fingerprint density at radius 1 is 1.50 bits per heavy atom. The van der Waals surface area contributed by atoms with E-state index < -0.39 is 0 Å². The van der Waals surface area contributed by atoms with E-state index >= 15 is 0 Å². The number of aromatic nitrogens is 1. The number of fused-ring (bicyclic) bond motifs is 3. The molecule has 2 saturated heterocycles. The van der Waals surface area contributed by atoms with Crippen LogP contribution in [0.2, 0.25) is 0 Å². The van der Waals surface area contributed by atoms with E-state index in [0.29, 0.717) is 5.69 Å². The van der Waals surface area contributed by atoms with E-state index in [1.807, 2.05) is 0 Å². The fourth-order valence-corrected chi connectivity index (χ4v) is 3.80. The molecule has 116 valence electrons. The zero-order chi connectivity index (χ0) is 15.1. The Bertz CT molecular complexity index is 697. The lowest BCUT2D eigenvalue weighted by molar-refractivity contribution is 0.0904. The normalized spacial score (nSPS) is 27.2. The predicted octanol–water partition coefficient (Wildman–Crippen LogP) is 2.21. The van der Waals surface area contributed by atoms with Crippen LogP contribution >= 0.6 is 0 Å². The van der Waals surface area contributed by atoms with Gasteiger partial charge in [-0.15, -0.1) is 0 Å². The zero-order valence-corrected chi connectivity index (χ0v) is 12.8. The average molecular weight is 299 g/mol. The molecule has 0 aromatic carbocycles. The molecule has 3 unspecified atom stereocenters. The van der Waals surface area contributed by atoms with Crippen LogP contribution in [-0.2, 0) is 6.42 Å². The van der Waals surface area contributed by atoms with Crippen LogP contribution in [-0.4, -0.2) is 41.5 Å². The van der Waals surface area contributed by atoms with Crippen molar-refractivity contribution in [3.05, 3.63) is 29.8 Å². The molecule has 1 amide bonds. The lowest BCUT2D eigenvalue weighted by atomic mass is 9.97. The highest BCUT2D eigenvalue weighted by Gasteiger charge is 2.33. The number of hydrogen-bond donors (Lipinski definition) is 1. The standard InChI is InChI=1S/C17H21N3O2/c1-2-12-10-22-16-6-15(18-7-14(12)16)17(21)19-13-5-11-3-4-20(8-11)9-13/h6-7,10-11,13H,2-5,8-9H2,1H3,(H,19,21). The second-order valence-electron chi connectivity index (χ2n) is 6.50. The molecule has 0 spiro atoms. The molecule has 2 bridgehead atoms. The summed E-state index contributed by atoms with van der Waals surface area (Å²) in [5.74, 6) is 0.649. The molecule has 2 aromatic heterocycles. The van der Waals surface area contributed by atoms with Gasteiger partial charge in [-0.25, -0.2) is 0 Å². The van der Waals surface area contributed by atoms with E-state index in [1.165, 1.54) is 19.5 Å². The van der Waals surface area contributed by atoms with E-state index in [0.717, 1.165) is 41.8 Å². The Balaban J connectivity index is 1.50. The van der Waals surface area contributed by atoms with E-state index in [-0.39, 0.29) is 11.9 Å². The third-order valence-electron chi connectivity index (χ3n) is 4.96. The molecule has 2 aliphatic heterocycles. The van der Waals surface area contributed by atoms with Crippen molar-refractivity contribution in [1.82, 2.24) is 15.2 Å². The van der Waals surface area contributed by atoms with Gasteiger partial charge in [-0.1, -0.05) is 6.92 Å². The summed E-state index contributed by atoms with van der Waals surface area (Å²) >= 11 is 0. The lowest BCUT2D eigenvalue weighted by Crippen LogP contribution is -2.47. The highest BCUT2D eigenvalue weighted by Crippen LogP contribution is 2.27. The third kappa shape index (κ3) is 2.39. The average Bonchev–Trinajstić information content (AvgIpc) is 3.09. The SMILES string of the molecule is CCc1coc2cc(C(=O)NC3CC4CCN(C4)C3)ncc12. The summed E-state index contributed by atoms with van der Waals surface area (Å²) < 4.78 is 5.54. The fraction of sp³-hybridized carbons (Fsp3) is 0.529. The van der Waals surface area contributed by atoms with E-state index in [9.17, 15) is 4.79 Å². The number of nitrogens with zero attached hydrogens (tertiary/aromatic N) is 2. The first-order valence-electron chi connectivity index (χ1n) is 8.12. The highest BCUT2D eigenvalue weighted by molar-refractivity contribution is 5.95. The molecule has 0 saturated carbocycles. The van der Waals surface area contributed by atoms with Gasteiger partial charge in [0, 0.05) is 36.8 Å². The Hall–Kier alpha value is -1.88. The maximum Gasteiger partial charge on any atom is 0.270 e. The van der Waals surface area contributed by atoms with E-state index in [2.05, 4.69) is 22.1 Å². The van der Waals surface area contributed by atoms with Crippen molar-refractivity contribution in [1.29, 1.82) is 0 Å². The largest absolute Gasteiger partial charge is 0.464 e. The molecule has 2 aliphatic rings. The van der Waals surface area contributed by atoms with Crippen LogP contribution in [0.1, 0.15) is 35.8 Å². The van der Waals surface area contributed by atoms with Gasteiger partial charge < -0.3 is 14.6 Å². The minimum atomic E-state index is -0.0937. The molecule has 5 nitrogen and oxygen atoms in total. The van der Waals surface area contributed by atoms with Crippen LogP contribution in [0, 0.1) is 5.92 Å². The molecule has 2 fully saturated rings. The molecule has 4 heterocycles. The molecule has 22 heavy (non-hydrogen) atoms. The molecule has 1 N–H and O–H groups in total. The van der Waals surface area contributed by atoms with Crippen LogP contribution in [0.3, 0.4) is 0 Å². The van der Waals surface area contributed by atoms with Crippen molar-refractivity contribution in [3.63, 3.8) is 0 Å². The second kappa shape index (κ2) is 5.39. The van der Waals surface area contributed by atoms with Crippen LogP contribution < -0.4 is 5.32 Å². The van der Waals surface area contributed by atoms with Crippen molar-refractivity contribution in [2.75, 3.05) is 19.6 Å². The van der Waals surface area contributed by atoms with Gasteiger partial charge in [-0.2, -0.15) is 0 Å². The van der Waals surface area contributed by atoms with E-state index in [4.69, 9.17) is 4.42 Å². The van der Waals surface area contributed by atoms with Gasteiger partial charge in [0.15, 0.2) is 0 Å². The van der Waals surface area contributed by atoms with Gasteiger partial charge in [-0.05, 0) is 37.3 Å². The summed E-state index contributed by atoms with van der Waals surface area (Å²) in [7, 11) is 0. The second-order valence-corrected chi connectivity index (χ2v) is 6.50. The first-order valence-corrected chi connectivity index (χ1v) is 8.12. The van der Waals surface area contributed by atoms with Crippen molar-refractivity contribution in [3.8, 4) is 0 Å². The van der Waals surface area contributed by atoms with Crippen molar-refractivity contribution in [2.45, 2.75) is 32.2 Å². The summed E-state index contributed by atoms with van der Waals surface area (Å²) in [6.07, 6.45) is 6.76. The number of carbonyl (C=O) groups excluding carboxylic acids is 1. The molecule has 4 rings (SSSR count). The van der Waals surface area contributed by atoms with Gasteiger partial charge >= 0.3 is 0 Å². The first-order chi connectivity index (χ1) is 10.7. The van der Waals surface area contributed by atoms with Crippen LogP contribution in [0.25, 0.3) is 11.0 Å². The maximum atomic E-state index is 12.4. The third-order valence-corrected chi connectivity index (χ3v) is 4.96. The van der Waals surface area contributed by atoms with Gasteiger partial charge in [0.25, 0.3) is 5.91 Å². The number of carbonyl (C=O) groups is 1. The monoisotopic (exact) mass is 299 g/mol. The quantitative estimate of drug-likeness (QED) is 0.944. The molecule has 0 radical (unpaired) electrons. The van der Waals surface area contributed by atoms with Crippen LogP contribution in [0.4, 0.5) is 0 Å². The number of piperidine rings is 1. The fourth-order valence-electron chi connectivity index (χ4n) is 3.80. The Morgan fingerprint density at radius 2 is 2.41 bits per heavy atom. The lowest BCUT2D eigenvalue weighted by Gasteiger charge is -2.30. The number of hydrogen-bond acceptors (Lipinski definition) is 4. The maximum absolute atomic E-state index is 12.4. The number of amides is 1. The van der Waals surface area contributed by atoms with E-state index in [1.54, 1.807) is 18.5 Å². The molecule has 5 heteroatoms. The number of nitrogens with one attached hydrogen (secondary N) is 1. The number of rotatable bonds is 3. The molecule has 0 aliphatic carbocycles. The summed E-state index contributed by atoms with van der Waals surface area (Å²) in [6.45, 7) is 5.42. The minimum absolute atomic E-state index is 0.0937. The van der Waals surface area contributed by atoms with Gasteiger partial charge in [-0.3, -0.25) is 9.78 Å². The van der Waals surface area contributed by atoms with Gasteiger partial charge in [0.05, 0.1) is 6.26 Å². The Kier molecular flexibility index (Phi) is 3.37. The predicted molar refractivity (Wildman–Crippen MR) is 83.8 cm³/mol. The van der Waals surface area contributed by atoms with Crippen molar-refractivity contribution < 1.29 is 9.21 Å². The topological polar surface area (TPSA) is 58.4 Å². The van der Waals surface area contributed by atoms with Gasteiger partial charge in [0.1, 0.15) is 11.3 Å². The minimum Gasteiger partial charge on any atom is -0.464 e. The van der Waals surface area contributed by atoms with Crippen LogP contribution in [0.15, 0.2) is 22.9 Å². The van der Waals surface area contributed by atoms with Gasteiger partial charge in [0.2, 0.25) is 0 Å². The highest BCUT2D eigenvalue weighted by atomic mass is 16.3. The number of aryl methyl sites for hydroxylation is 1. The zero-order valence-electron chi connectivity index (χ0n) is 12.8. The number of pyridine rings is 1. The summed E-state index contributed by atoms with van der Waals surface area (Å²) in [6, 6.07) is 2.00. The van der Waals surface area contributed by atoms with Crippen molar-refractivity contribution >= 4 is 16.9 Å². The number of furan rings is 1. The smallest absolute Gasteiger partial charge is 0.270 e. The molecular weight excluding hydrogens is 278 g/mol. The summed E-state index contributed by atoms with van der Waals surface area (Å²) in [4.78, 5) is 19.2. The van der Waals surface area contributed by atoms with Crippen molar-refractivity contribution in [2.24, 2.45) is 5.92 Å².